The normalized spacial score (nSPS) is 14.6. The molecule has 2 N–H and O–H groups in total. The van der Waals surface area contributed by atoms with Crippen LogP contribution in [0.2, 0.25) is 0 Å². The molecule has 0 bridgehead atoms. The Labute approximate surface area is 124 Å². The molecular weight excluding hydrogens is 248 g/mol. The maximum absolute atomic E-state index is 9.42. The van der Waals surface area contributed by atoms with Crippen LogP contribution in [-0.2, 0) is 0 Å². The van der Waals surface area contributed by atoms with Crippen molar-refractivity contribution in [2.24, 2.45) is 0 Å². The van der Waals surface area contributed by atoms with Crippen molar-refractivity contribution < 1.29 is 5.11 Å². The number of aliphatic hydroxyl groups is 1. The lowest BCUT2D eigenvalue weighted by Crippen LogP contribution is -2.31. The van der Waals surface area contributed by atoms with Gasteiger partial charge in [0, 0.05) is 12.6 Å². The number of aliphatic hydroxyl groups excluding tert-OH is 1. The van der Waals surface area contributed by atoms with E-state index in [0.717, 1.165) is 26.1 Å². The lowest BCUT2D eigenvalue weighted by molar-refractivity contribution is 0.139. The van der Waals surface area contributed by atoms with E-state index < -0.39 is 0 Å². The Balaban J connectivity index is 2.68. The number of nitrogens with one attached hydrogen (secondary N) is 1. The summed E-state index contributed by atoms with van der Waals surface area (Å²) in [6.45, 7) is 11.0. The second kappa shape index (κ2) is 8.40. The highest BCUT2D eigenvalue weighted by Crippen LogP contribution is 2.20. The van der Waals surface area contributed by atoms with Gasteiger partial charge in [-0.05, 0) is 52.9 Å². The Hall–Kier alpha value is -0.900. The van der Waals surface area contributed by atoms with Crippen LogP contribution >= 0.6 is 0 Å². The minimum atomic E-state index is -0.265. The van der Waals surface area contributed by atoms with Crippen LogP contribution in [0, 0.1) is 13.8 Å². The van der Waals surface area contributed by atoms with Gasteiger partial charge >= 0.3 is 0 Å². The Kier molecular flexibility index (Phi) is 7.20. The van der Waals surface area contributed by atoms with E-state index in [0.29, 0.717) is 6.04 Å². The monoisotopic (exact) mass is 278 g/mol. The van der Waals surface area contributed by atoms with Gasteiger partial charge in [0.15, 0.2) is 0 Å². The van der Waals surface area contributed by atoms with Gasteiger partial charge in [-0.2, -0.15) is 0 Å². The molecule has 0 saturated carbocycles. The zero-order valence-electron chi connectivity index (χ0n) is 13.6. The Morgan fingerprint density at radius 3 is 2.30 bits per heavy atom. The molecule has 0 aliphatic carbocycles. The number of benzene rings is 1. The second-order valence-electron chi connectivity index (χ2n) is 5.93. The number of aryl methyl sites for hydroxylation is 2. The van der Waals surface area contributed by atoms with Crippen LogP contribution in [0.4, 0.5) is 0 Å². The van der Waals surface area contributed by atoms with E-state index in [2.05, 4.69) is 56.2 Å². The molecule has 1 aromatic rings. The highest BCUT2D eigenvalue weighted by Gasteiger charge is 2.13. The predicted molar refractivity (Wildman–Crippen MR) is 86.1 cm³/mol. The molecule has 2 unspecified atom stereocenters. The van der Waals surface area contributed by atoms with Crippen molar-refractivity contribution >= 4 is 0 Å². The number of rotatable bonds is 8. The minimum Gasteiger partial charge on any atom is -0.392 e. The molecule has 2 atom stereocenters. The zero-order valence-corrected chi connectivity index (χ0v) is 13.6. The van der Waals surface area contributed by atoms with Gasteiger partial charge in [0.2, 0.25) is 0 Å². The van der Waals surface area contributed by atoms with Crippen LogP contribution in [-0.4, -0.2) is 42.8 Å². The van der Waals surface area contributed by atoms with Gasteiger partial charge in [0.05, 0.1) is 6.10 Å². The van der Waals surface area contributed by atoms with Gasteiger partial charge in [-0.25, -0.2) is 0 Å². The maximum atomic E-state index is 9.42. The lowest BCUT2D eigenvalue weighted by atomic mass is 9.99. The molecule has 0 radical (unpaired) electrons. The second-order valence-corrected chi connectivity index (χ2v) is 5.93. The number of hydrogen-bond donors (Lipinski definition) is 2. The fourth-order valence-electron chi connectivity index (χ4n) is 2.74. The third kappa shape index (κ3) is 6.04. The van der Waals surface area contributed by atoms with Gasteiger partial charge in [0.25, 0.3) is 0 Å². The standard InChI is InChI=1S/C17H30N2O/c1-6-18-17(7-8-19(5)12-15(4)20)16-10-13(2)9-14(3)11-16/h9-11,15,17-18,20H,6-8,12H2,1-5H3. The highest BCUT2D eigenvalue weighted by atomic mass is 16.3. The summed E-state index contributed by atoms with van der Waals surface area (Å²) in [6.07, 6.45) is 0.791. The third-order valence-corrected chi connectivity index (χ3v) is 3.47. The van der Waals surface area contributed by atoms with Crippen molar-refractivity contribution in [3.8, 4) is 0 Å². The molecule has 1 rings (SSSR count). The number of nitrogens with zero attached hydrogens (tertiary/aromatic N) is 1. The molecule has 0 amide bonds. The van der Waals surface area contributed by atoms with Crippen molar-refractivity contribution in [2.75, 3.05) is 26.7 Å². The van der Waals surface area contributed by atoms with Crippen molar-refractivity contribution in [1.29, 1.82) is 0 Å². The van der Waals surface area contributed by atoms with E-state index in [4.69, 9.17) is 0 Å². The van der Waals surface area contributed by atoms with E-state index in [1.165, 1.54) is 16.7 Å². The number of hydrogen-bond acceptors (Lipinski definition) is 3. The van der Waals surface area contributed by atoms with E-state index >= 15 is 0 Å². The Morgan fingerprint density at radius 1 is 1.20 bits per heavy atom. The summed E-state index contributed by atoms with van der Waals surface area (Å²) in [5.74, 6) is 0. The fourth-order valence-corrected chi connectivity index (χ4v) is 2.74. The molecule has 3 heteroatoms. The molecule has 0 aromatic heterocycles. The summed E-state index contributed by atoms with van der Waals surface area (Å²) in [5.41, 5.74) is 4.01. The summed E-state index contributed by atoms with van der Waals surface area (Å²) < 4.78 is 0. The van der Waals surface area contributed by atoms with Crippen LogP contribution in [0.1, 0.15) is 43.0 Å². The van der Waals surface area contributed by atoms with Gasteiger partial charge in [-0.1, -0.05) is 36.2 Å². The average molecular weight is 278 g/mol. The molecule has 3 nitrogen and oxygen atoms in total. The van der Waals surface area contributed by atoms with Crippen molar-refractivity contribution in [3.63, 3.8) is 0 Å². The molecule has 20 heavy (non-hydrogen) atoms. The topological polar surface area (TPSA) is 35.5 Å². The third-order valence-electron chi connectivity index (χ3n) is 3.47. The summed E-state index contributed by atoms with van der Waals surface area (Å²) in [7, 11) is 2.07. The predicted octanol–water partition coefficient (Wildman–Crippen LogP) is 2.66. The maximum Gasteiger partial charge on any atom is 0.0638 e. The largest absolute Gasteiger partial charge is 0.392 e. The summed E-state index contributed by atoms with van der Waals surface area (Å²) >= 11 is 0. The highest BCUT2D eigenvalue weighted by molar-refractivity contribution is 5.30. The smallest absolute Gasteiger partial charge is 0.0638 e. The summed E-state index contributed by atoms with van der Waals surface area (Å²) in [4.78, 5) is 2.19. The molecule has 1 aromatic carbocycles. The molecule has 0 spiro atoms. The first-order valence-corrected chi connectivity index (χ1v) is 7.60. The van der Waals surface area contributed by atoms with E-state index in [1.807, 2.05) is 6.92 Å². The fraction of sp³-hybridized carbons (Fsp3) is 0.647. The molecule has 0 aliphatic rings. The van der Waals surface area contributed by atoms with E-state index in [1.54, 1.807) is 0 Å². The van der Waals surface area contributed by atoms with Crippen LogP contribution < -0.4 is 5.32 Å². The molecule has 0 aliphatic heterocycles. The molecule has 0 heterocycles. The minimum absolute atomic E-state index is 0.265. The molecular formula is C17H30N2O. The van der Waals surface area contributed by atoms with E-state index in [-0.39, 0.29) is 6.10 Å². The molecule has 114 valence electrons. The Morgan fingerprint density at radius 2 is 1.80 bits per heavy atom. The van der Waals surface area contributed by atoms with Crippen LogP contribution in [0.15, 0.2) is 18.2 Å². The summed E-state index contributed by atoms with van der Waals surface area (Å²) in [6, 6.07) is 7.14. The van der Waals surface area contributed by atoms with Crippen molar-refractivity contribution in [1.82, 2.24) is 10.2 Å². The van der Waals surface area contributed by atoms with Gasteiger partial charge in [-0.3, -0.25) is 0 Å². The first kappa shape index (κ1) is 17.2. The molecule has 0 fully saturated rings. The number of likely N-dealkylation sites (N-methyl/N-ethyl adjacent to an activating group) is 1. The first-order valence-electron chi connectivity index (χ1n) is 7.60. The van der Waals surface area contributed by atoms with Crippen LogP contribution in [0.3, 0.4) is 0 Å². The SMILES string of the molecule is CCNC(CCN(C)CC(C)O)c1cc(C)cc(C)c1. The van der Waals surface area contributed by atoms with Crippen LogP contribution in [0.25, 0.3) is 0 Å². The zero-order chi connectivity index (χ0) is 15.1. The first-order chi connectivity index (χ1) is 9.42. The van der Waals surface area contributed by atoms with Crippen molar-refractivity contribution in [3.05, 3.63) is 34.9 Å². The van der Waals surface area contributed by atoms with Gasteiger partial charge < -0.3 is 15.3 Å². The quantitative estimate of drug-likeness (QED) is 0.767. The van der Waals surface area contributed by atoms with Gasteiger partial charge in [-0.15, -0.1) is 0 Å². The van der Waals surface area contributed by atoms with Crippen molar-refractivity contribution in [2.45, 2.75) is 46.3 Å². The lowest BCUT2D eigenvalue weighted by Gasteiger charge is -2.24. The molecule has 0 saturated heterocycles. The average Bonchev–Trinajstić information content (AvgIpc) is 2.32. The van der Waals surface area contributed by atoms with Crippen LogP contribution in [0.5, 0.6) is 0 Å². The summed E-state index contributed by atoms with van der Waals surface area (Å²) in [5, 5.41) is 13.0. The Bertz CT molecular complexity index is 384. The van der Waals surface area contributed by atoms with Gasteiger partial charge in [0.1, 0.15) is 0 Å². The van der Waals surface area contributed by atoms with E-state index in [9.17, 15) is 5.11 Å².